The minimum atomic E-state index is -4.65. The van der Waals surface area contributed by atoms with Gasteiger partial charge >= 0.3 is 6.18 Å². The van der Waals surface area contributed by atoms with Crippen molar-refractivity contribution < 1.29 is 27.5 Å². The predicted molar refractivity (Wildman–Crippen MR) is 78.9 cm³/mol. The number of nitriles is 1. The van der Waals surface area contributed by atoms with Crippen LogP contribution in [0, 0.1) is 17.2 Å². The third kappa shape index (κ3) is 4.98. The van der Waals surface area contributed by atoms with E-state index in [1.807, 2.05) is 0 Å². The summed E-state index contributed by atoms with van der Waals surface area (Å²) in [6.07, 6.45) is -5.42. The molecule has 0 heterocycles. The molecule has 1 aromatic carbocycles. The molecule has 1 amide bonds. The third-order valence-electron chi connectivity index (χ3n) is 3.12. The maximum Gasteiger partial charge on any atom is 0.419 e. The second kappa shape index (κ2) is 8.34. The fourth-order valence-electron chi connectivity index (χ4n) is 1.89. The quantitative estimate of drug-likeness (QED) is 0.773. The lowest BCUT2D eigenvalue weighted by Gasteiger charge is -2.19. The molecule has 0 aromatic heterocycles. The zero-order chi connectivity index (χ0) is 18.3. The first kappa shape index (κ1) is 19.5. The van der Waals surface area contributed by atoms with E-state index in [0.717, 1.165) is 12.1 Å². The Morgan fingerprint density at radius 3 is 2.50 bits per heavy atom. The van der Waals surface area contributed by atoms with Crippen LogP contribution in [-0.2, 0) is 15.8 Å². The van der Waals surface area contributed by atoms with E-state index in [0.29, 0.717) is 6.42 Å². The van der Waals surface area contributed by atoms with Gasteiger partial charge in [-0.15, -0.1) is 0 Å². The first-order valence-electron chi connectivity index (χ1n) is 7.26. The molecular weight excluding hydrogens is 325 g/mol. The van der Waals surface area contributed by atoms with E-state index in [2.05, 4.69) is 5.32 Å². The van der Waals surface area contributed by atoms with Gasteiger partial charge in [-0.25, -0.2) is 0 Å². The number of hydrogen-bond donors (Lipinski definition) is 1. The number of hydrogen-bond acceptors (Lipinski definition) is 4. The monoisotopic (exact) mass is 342 g/mol. The number of nitrogens with one attached hydrogen (secondary N) is 1. The number of ether oxygens (including phenoxy) is 1. The molecule has 1 N–H and O–H groups in total. The number of amides is 1. The Kier molecular flexibility index (Phi) is 6.77. The second-order valence-corrected chi connectivity index (χ2v) is 5.01. The fourth-order valence-corrected chi connectivity index (χ4v) is 1.89. The highest BCUT2D eigenvalue weighted by molar-refractivity contribution is 6.05. The maximum atomic E-state index is 12.9. The third-order valence-corrected chi connectivity index (χ3v) is 3.12. The average molecular weight is 342 g/mol. The summed E-state index contributed by atoms with van der Waals surface area (Å²) in [6, 6.07) is 5.98. The van der Waals surface area contributed by atoms with E-state index in [-0.39, 0.29) is 6.54 Å². The van der Waals surface area contributed by atoms with Crippen LogP contribution in [0.4, 0.5) is 13.2 Å². The molecule has 0 saturated heterocycles. The maximum absolute atomic E-state index is 12.9. The van der Waals surface area contributed by atoms with Crippen LogP contribution in [0.15, 0.2) is 24.3 Å². The summed E-state index contributed by atoms with van der Waals surface area (Å²) in [5.41, 5.74) is -1.03. The van der Waals surface area contributed by atoms with Crippen LogP contribution < -0.4 is 10.1 Å². The summed E-state index contributed by atoms with van der Waals surface area (Å²) in [5, 5.41) is 11.4. The average Bonchev–Trinajstić information content (AvgIpc) is 2.52. The van der Waals surface area contributed by atoms with Crippen LogP contribution in [0.5, 0.6) is 5.75 Å². The molecule has 0 saturated carbocycles. The summed E-state index contributed by atoms with van der Waals surface area (Å²) in [7, 11) is 0. The molecule has 0 aliphatic carbocycles. The zero-order valence-corrected chi connectivity index (χ0v) is 13.2. The van der Waals surface area contributed by atoms with E-state index < -0.39 is 41.2 Å². The summed E-state index contributed by atoms with van der Waals surface area (Å²) < 4.78 is 43.8. The molecule has 5 nitrogen and oxygen atoms in total. The van der Waals surface area contributed by atoms with Crippen LogP contribution in [0.1, 0.15) is 25.8 Å². The first-order valence-corrected chi connectivity index (χ1v) is 7.26. The number of halogens is 3. The van der Waals surface area contributed by atoms with Crippen LogP contribution in [0.3, 0.4) is 0 Å². The van der Waals surface area contributed by atoms with Crippen molar-refractivity contribution in [3.05, 3.63) is 29.8 Å². The van der Waals surface area contributed by atoms with Crippen molar-refractivity contribution in [2.24, 2.45) is 5.92 Å². The number of rotatable bonds is 7. The molecule has 0 aliphatic rings. The van der Waals surface area contributed by atoms with Crippen molar-refractivity contribution in [3.8, 4) is 11.8 Å². The van der Waals surface area contributed by atoms with Gasteiger partial charge in [0.1, 0.15) is 5.75 Å². The molecule has 0 bridgehead atoms. The Morgan fingerprint density at radius 2 is 1.96 bits per heavy atom. The van der Waals surface area contributed by atoms with Gasteiger partial charge in [0.05, 0.1) is 11.6 Å². The normalized spacial score (nSPS) is 13.5. The Bertz CT molecular complexity index is 638. The van der Waals surface area contributed by atoms with Crippen molar-refractivity contribution in [3.63, 3.8) is 0 Å². The highest BCUT2D eigenvalue weighted by Gasteiger charge is 2.36. The highest BCUT2D eigenvalue weighted by Crippen LogP contribution is 2.36. The summed E-state index contributed by atoms with van der Waals surface area (Å²) >= 11 is 0. The number of Topliss-reactive ketones (excluding diaryl/α,β-unsaturated/α-hetero) is 1. The molecule has 24 heavy (non-hydrogen) atoms. The van der Waals surface area contributed by atoms with Gasteiger partial charge in [0.2, 0.25) is 5.91 Å². The van der Waals surface area contributed by atoms with E-state index >= 15 is 0 Å². The molecule has 130 valence electrons. The number of carbonyl (C=O) groups is 2. The van der Waals surface area contributed by atoms with E-state index in [1.165, 1.54) is 19.1 Å². The van der Waals surface area contributed by atoms with E-state index in [4.69, 9.17) is 10.00 Å². The van der Waals surface area contributed by atoms with Gasteiger partial charge in [0, 0.05) is 6.54 Å². The number of nitrogens with zero attached hydrogens (tertiary/aromatic N) is 1. The molecule has 0 aliphatic heterocycles. The van der Waals surface area contributed by atoms with Gasteiger partial charge in [-0.2, -0.15) is 18.4 Å². The summed E-state index contributed by atoms with van der Waals surface area (Å²) in [5.74, 6) is -3.85. The molecule has 1 aromatic rings. The van der Waals surface area contributed by atoms with Crippen molar-refractivity contribution >= 4 is 11.7 Å². The lowest BCUT2D eigenvalue weighted by Crippen LogP contribution is -2.40. The van der Waals surface area contributed by atoms with Gasteiger partial charge in [0.25, 0.3) is 0 Å². The van der Waals surface area contributed by atoms with Crippen LogP contribution in [-0.4, -0.2) is 24.3 Å². The van der Waals surface area contributed by atoms with Gasteiger partial charge in [-0.05, 0) is 25.5 Å². The Hall–Kier alpha value is -2.56. The SMILES string of the molecule is CCCNC(=O)[C@@H](C#N)C(=O)[C@@H](C)Oc1ccccc1C(F)(F)F. The predicted octanol–water partition coefficient (Wildman–Crippen LogP) is 2.71. The number of para-hydroxylation sites is 1. The van der Waals surface area contributed by atoms with Crippen molar-refractivity contribution in [1.82, 2.24) is 5.32 Å². The second-order valence-electron chi connectivity index (χ2n) is 5.01. The van der Waals surface area contributed by atoms with E-state index in [9.17, 15) is 22.8 Å². The van der Waals surface area contributed by atoms with Crippen molar-refractivity contribution in [2.75, 3.05) is 6.54 Å². The molecule has 8 heteroatoms. The van der Waals surface area contributed by atoms with Gasteiger partial charge in [-0.1, -0.05) is 19.1 Å². The van der Waals surface area contributed by atoms with Crippen LogP contribution in [0.25, 0.3) is 0 Å². The number of benzene rings is 1. The number of carbonyl (C=O) groups excluding carboxylic acids is 2. The lowest BCUT2D eigenvalue weighted by molar-refractivity contribution is -0.142. The van der Waals surface area contributed by atoms with Crippen LogP contribution >= 0.6 is 0 Å². The molecule has 0 spiro atoms. The van der Waals surface area contributed by atoms with Crippen molar-refractivity contribution in [2.45, 2.75) is 32.5 Å². The summed E-state index contributed by atoms with van der Waals surface area (Å²) in [4.78, 5) is 23.9. The first-order chi connectivity index (χ1) is 11.2. The summed E-state index contributed by atoms with van der Waals surface area (Å²) in [6.45, 7) is 3.28. The minimum absolute atomic E-state index is 0.288. The Labute approximate surface area is 137 Å². The van der Waals surface area contributed by atoms with Crippen LogP contribution in [0.2, 0.25) is 0 Å². The van der Waals surface area contributed by atoms with Gasteiger partial charge in [0.15, 0.2) is 17.8 Å². The Balaban J connectivity index is 2.91. The molecule has 0 radical (unpaired) electrons. The topological polar surface area (TPSA) is 79.2 Å². The van der Waals surface area contributed by atoms with Gasteiger partial charge in [-0.3, -0.25) is 9.59 Å². The highest BCUT2D eigenvalue weighted by atomic mass is 19.4. The number of alkyl halides is 3. The minimum Gasteiger partial charge on any atom is -0.482 e. The molecule has 2 atom stereocenters. The number of ketones is 1. The van der Waals surface area contributed by atoms with Crippen molar-refractivity contribution in [1.29, 1.82) is 5.26 Å². The molecule has 1 rings (SSSR count). The van der Waals surface area contributed by atoms with Gasteiger partial charge < -0.3 is 10.1 Å². The largest absolute Gasteiger partial charge is 0.482 e. The fraction of sp³-hybridized carbons (Fsp3) is 0.438. The molecule has 0 fully saturated rings. The lowest BCUT2D eigenvalue weighted by atomic mass is 10.0. The Morgan fingerprint density at radius 1 is 1.33 bits per heavy atom. The zero-order valence-electron chi connectivity index (χ0n) is 13.2. The standard InChI is InChI=1S/C16H17F3N2O3/c1-3-8-21-15(23)11(9-20)14(22)10(2)24-13-7-5-4-6-12(13)16(17,18)19/h4-7,10-11H,3,8H2,1-2H3,(H,21,23)/t10-,11+/m1/s1. The molecular formula is C16H17F3N2O3. The molecule has 0 unspecified atom stereocenters. The van der Waals surface area contributed by atoms with E-state index in [1.54, 1.807) is 13.0 Å². The smallest absolute Gasteiger partial charge is 0.419 e.